The topological polar surface area (TPSA) is 62.6 Å². The first-order valence-electron chi connectivity index (χ1n) is 9.92. The maximum Gasteiger partial charge on any atom is 0.134 e. The van der Waals surface area contributed by atoms with Crippen molar-refractivity contribution in [2.45, 2.75) is 32.9 Å². The second-order valence-electron chi connectivity index (χ2n) is 7.68. The second-order valence-corrected chi connectivity index (χ2v) is 7.68. The van der Waals surface area contributed by atoms with Crippen LogP contribution < -0.4 is 0 Å². The summed E-state index contributed by atoms with van der Waals surface area (Å²) in [4.78, 5) is 2.57. The molecule has 0 bridgehead atoms. The molecular weight excluding hydrogens is 348 g/mol. The molecule has 0 spiro atoms. The average Bonchev–Trinajstić information content (AvgIpc) is 3.12. The lowest BCUT2D eigenvalue weighted by molar-refractivity contribution is 0.259. The van der Waals surface area contributed by atoms with Crippen LogP contribution in [-0.2, 0) is 6.54 Å². The van der Waals surface area contributed by atoms with Gasteiger partial charge in [0.2, 0.25) is 0 Å². The summed E-state index contributed by atoms with van der Waals surface area (Å²) in [6.45, 7) is 6.69. The molecule has 2 aromatic heterocycles. The van der Waals surface area contributed by atoms with E-state index in [1.54, 1.807) is 0 Å². The van der Waals surface area contributed by atoms with Crippen LogP contribution in [0, 0.1) is 5.92 Å². The third-order valence-electron chi connectivity index (χ3n) is 5.74. The molecule has 1 N–H and O–H groups in total. The molecule has 2 heterocycles. The third kappa shape index (κ3) is 3.10. The van der Waals surface area contributed by atoms with Crippen molar-refractivity contribution in [2.75, 3.05) is 6.54 Å². The van der Waals surface area contributed by atoms with Gasteiger partial charge in [0.15, 0.2) is 0 Å². The van der Waals surface area contributed by atoms with Crippen LogP contribution in [0.4, 0.5) is 0 Å². The number of hydrogen-bond donors (Lipinski definition) is 1. The van der Waals surface area contributed by atoms with Gasteiger partial charge in [0.25, 0.3) is 0 Å². The van der Waals surface area contributed by atoms with Gasteiger partial charge in [0.1, 0.15) is 11.4 Å². The lowest BCUT2D eigenvalue weighted by Gasteiger charge is -2.20. The van der Waals surface area contributed by atoms with Gasteiger partial charge in [-0.25, -0.2) is 4.68 Å². The third-order valence-corrected chi connectivity index (χ3v) is 5.74. The van der Waals surface area contributed by atoms with Crippen LogP contribution in [0.5, 0.6) is 0 Å². The molecule has 2 aromatic carbocycles. The van der Waals surface area contributed by atoms with E-state index in [1.807, 2.05) is 35.1 Å². The van der Waals surface area contributed by atoms with Crippen molar-refractivity contribution in [3.05, 3.63) is 60.3 Å². The van der Waals surface area contributed by atoms with E-state index >= 15 is 0 Å². The van der Waals surface area contributed by atoms with Crippen LogP contribution in [0.25, 0.3) is 28.0 Å². The van der Waals surface area contributed by atoms with Gasteiger partial charge in [0, 0.05) is 18.0 Å². The Balaban J connectivity index is 1.36. The van der Waals surface area contributed by atoms with E-state index in [0.29, 0.717) is 0 Å². The Bertz CT molecular complexity index is 1090. The second kappa shape index (κ2) is 6.87. The molecule has 2 unspecified atom stereocenters. The average molecular weight is 372 g/mol. The summed E-state index contributed by atoms with van der Waals surface area (Å²) < 4.78 is 1.81. The summed E-state index contributed by atoms with van der Waals surface area (Å²) in [6, 6.07) is 17.4. The number of nitrogens with zero attached hydrogens (tertiary/aromatic N) is 5. The summed E-state index contributed by atoms with van der Waals surface area (Å²) in [6.07, 6.45) is 3.26. The molecule has 28 heavy (non-hydrogen) atoms. The number of rotatable bonds is 6. The molecule has 6 nitrogen and oxygen atoms in total. The lowest BCUT2D eigenvalue weighted by Crippen LogP contribution is -2.26. The number of hydrogen-bond acceptors (Lipinski definition) is 4. The number of nitrogens with one attached hydrogen (secondary N) is 1. The van der Waals surface area contributed by atoms with Crippen molar-refractivity contribution in [2.24, 2.45) is 5.92 Å². The van der Waals surface area contributed by atoms with Crippen LogP contribution in [0.2, 0.25) is 0 Å². The van der Waals surface area contributed by atoms with Crippen LogP contribution in [0.3, 0.4) is 0 Å². The summed E-state index contributed by atoms with van der Waals surface area (Å²) in [5.41, 5.74) is 4.94. The van der Waals surface area contributed by atoms with E-state index in [9.17, 15) is 0 Å². The van der Waals surface area contributed by atoms with Crippen molar-refractivity contribution in [3.63, 3.8) is 0 Å². The molecule has 6 heteroatoms. The van der Waals surface area contributed by atoms with Gasteiger partial charge in [-0.05, 0) is 42.6 Å². The zero-order valence-electron chi connectivity index (χ0n) is 16.2. The molecule has 1 aliphatic carbocycles. The minimum absolute atomic E-state index is 0.756. The number of benzene rings is 2. The summed E-state index contributed by atoms with van der Waals surface area (Å²) in [7, 11) is 0. The minimum atomic E-state index is 0.756. The molecule has 0 radical (unpaired) electrons. The van der Waals surface area contributed by atoms with Gasteiger partial charge in [-0.3, -0.25) is 10.00 Å². The zero-order valence-corrected chi connectivity index (χ0v) is 16.2. The Labute approximate surface area is 164 Å². The number of H-pyrrole nitrogens is 1. The highest BCUT2D eigenvalue weighted by molar-refractivity contribution is 5.91. The fourth-order valence-corrected chi connectivity index (χ4v) is 3.92. The van der Waals surface area contributed by atoms with Crippen molar-refractivity contribution in [3.8, 4) is 17.1 Å². The van der Waals surface area contributed by atoms with Crippen LogP contribution in [-0.4, -0.2) is 42.7 Å². The zero-order chi connectivity index (χ0) is 19.1. The van der Waals surface area contributed by atoms with Gasteiger partial charge >= 0.3 is 0 Å². The Morgan fingerprint density at radius 2 is 1.93 bits per heavy atom. The predicted octanol–water partition coefficient (Wildman–Crippen LogP) is 4.04. The number of para-hydroxylation sites is 1. The van der Waals surface area contributed by atoms with Gasteiger partial charge in [-0.2, -0.15) is 5.10 Å². The van der Waals surface area contributed by atoms with Gasteiger partial charge < -0.3 is 0 Å². The predicted molar refractivity (Wildman–Crippen MR) is 110 cm³/mol. The first kappa shape index (κ1) is 17.1. The summed E-state index contributed by atoms with van der Waals surface area (Å²) in [5, 5.41) is 17.2. The summed E-state index contributed by atoms with van der Waals surface area (Å²) in [5.74, 6) is 0.839. The highest BCUT2D eigenvalue weighted by atomic mass is 15.4. The SMILES string of the molecule is CCN(Cc1ccc(-n2cc(-c3n[nH]c4ccccc34)nn2)cc1)C1CC1C. The van der Waals surface area contributed by atoms with E-state index in [0.717, 1.165) is 53.0 Å². The van der Waals surface area contributed by atoms with Crippen molar-refractivity contribution in [1.29, 1.82) is 0 Å². The Kier molecular flexibility index (Phi) is 4.20. The first-order valence-corrected chi connectivity index (χ1v) is 9.92. The van der Waals surface area contributed by atoms with Crippen LogP contribution in [0.1, 0.15) is 25.8 Å². The van der Waals surface area contributed by atoms with Gasteiger partial charge in [-0.15, -0.1) is 5.10 Å². The fourth-order valence-electron chi connectivity index (χ4n) is 3.92. The van der Waals surface area contributed by atoms with E-state index in [2.05, 4.69) is 63.5 Å². The van der Waals surface area contributed by atoms with E-state index in [4.69, 9.17) is 0 Å². The molecule has 0 saturated heterocycles. The van der Waals surface area contributed by atoms with E-state index in [-0.39, 0.29) is 0 Å². The number of aromatic nitrogens is 5. The molecule has 1 aliphatic rings. The van der Waals surface area contributed by atoms with Gasteiger partial charge in [-0.1, -0.05) is 49.4 Å². The highest BCUT2D eigenvalue weighted by Crippen LogP contribution is 2.35. The molecule has 0 aliphatic heterocycles. The maximum atomic E-state index is 4.41. The van der Waals surface area contributed by atoms with Crippen molar-refractivity contribution in [1.82, 2.24) is 30.1 Å². The molecule has 1 saturated carbocycles. The molecule has 1 fully saturated rings. The Morgan fingerprint density at radius 1 is 1.14 bits per heavy atom. The molecule has 142 valence electrons. The van der Waals surface area contributed by atoms with Crippen LogP contribution in [0.15, 0.2) is 54.7 Å². The number of aromatic amines is 1. The van der Waals surface area contributed by atoms with E-state index in [1.165, 1.54) is 12.0 Å². The fraction of sp³-hybridized carbons (Fsp3) is 0.318. The van der Waals surface area contributed by atoms with E-state index < -0.39 is 0 Å². The molecule has 4 aromatic rings. The molecule has 5 rings (SSSR count). The standard InChI is InChI=1S/C22H24N6/c1-3-27(21-12-15(21)2)13-16-8-10-17(11-9-16)28-14-20(24-26-28)22-18-6-4-5-7-19(18)23-25-22/h4-11,14-15,21H,3,12-13H2,1-2H3,(H,23,25). The normalized spacial score (nSPS) is 18.8. The maximum absolute atomic E-state index is 4.41. The molecule has 2 atom stereocenters. The molecular formula is C22H24N6. The number of fused-ring (bicyclic) bond motifs is 1. The van der Waals surface area contributed by atoms with Gasteiger partial charge in [0.05, 0.1) is 17.4 Å². The molecule has 0 amide bonds. The van der Waals surface area contributed by atoms with Crippen molar-refractivity contribution >= 4 is 10.9 Å². The highest BCUT2D eigenvalue weighted by Gasteiger charge is 2.36. The first-order chi connectivity index (χ1) is 13.7. The monoisotopic (exact) mass is 372 g/mol. The minimum Gasteiger partial charge on any atom is -0.296 e. The Hall–Kier alpha value is -2.99. The Morgan fingerprint density at radius 3 is 2.68 bits per heavy atom. The van der Waals surface area contributed by atoms with Crippen LogP contribution >= 0.6 is 0 Å². The summed E-state index contributed by atoms with van der Waals surface area (Å²) >= 11 is 0. The van der Waals surface area contributed by atoms with Crippen molar-refractivity contribution < 1.29 is 0 Å². The largest absolute Gasteiger partial charge is 0.296 e. The smallest absolute Gasteiger partial charge is 0.134 e. The quantitative estimate of drug-likeness (QED) is 0.555. The lowest BCUT2D eigenvalue weighted by atomic mass is 10.1.